The molecule has 0 radical (unpaired) electrons. The highest BCUT2D eigenvalue weighted by Crippen LogP contribution is 2.10. The van der Waals surface area contributed by atoms with Gasteiger partial charge in [0.25, 0.3) is 0 Å². The molecule has 2 rings (SSSR count). The van der Waals surface area contributed by atoms with Crippen molar-refractivity contribution in [2.24, 2.45) is 0 Å². The molecule has 0 spiro atoms. The molecule has 0 N–H and O–H groups in total. The number of aromatic nitrogens is 2. The van der Waals surface area contributed by atoms with Crippen LogP contribution in [-0.2, 0) is 13.0 Å². The molecule has 0 amide bonds. The zero-order valence-corrected chi connectivity index (χ0v) is 8.46. The van der Waals surface area contributed by atoms with Crippen molar-refractivity contribution in [3.8, 4) is 11.8 Å². The van der Waals surface area contributed by atoms with Crippen LogP contribution in [0.3, 0.4) is 0 Å². The molecule has 0 aliphatic rings. The Bertz CT molecular complexity index is 487. The lowest BCUT2D eigenvalue weighted by Gasteiger charge is -2.01. The number of rotatable bonds is 4. The maximum atomic E-state index is 8.43. The molecule has 1 aromatic heterocycles. The first-order valence-electron chi connectivity index (χ1n) is 4.75. The first kappa shape index (κ1) is 10.2. The van der Waals surface area contributed by atoms with Gasteiger partial charge in [-0.2, -0.15) is 10.2 Å². The summed E-state index contributed by atoms with van der Waals surface area (Å²) >= 11 is 0. The second kappa shape index (κ2) is 4.94. The van der Waals surface area contributed by atoms with Gasteiger partial charge in [-0.3, -0.25) is 0 Å². The minimum atomic E-state index is 0.123. The molecular formula is C11H9N3O2. The fourth-order valence-corrected chi connectivity index (χ4v) is 1.15. The van der Waals surface area contributed by atoms with Gasteiger partial charge in [0.15, 0.2) is 6.61 Å². The van der Waals surface area contributed by atoms with E-state index in [2.05, 4.69) is 10.1 Å². The normalized spacial score (nSPS) is 9.69. The van der Waals surface area contributed by atoms with E-state index in [4.69, 9.17) is 14.5 Å². The van der Waals surface area contributed by atoms with Crippen LogP contribution in [0.25, 0.3) is 0 Å². The second-order valence-corrected chi connectivity index (χ2v) is 3.04. The van der Waals surface area contributed by atoms with E-state index in [1.54, 1.807) is 0 Å². The molecule has 0 fully saturated rings. The molecule has 0 unspecified atom stereocenters. The molecule has 5 heteroatoms. The maximum absolute atomic E-state index is 8.43. The summed E-state index contributed by atoms with van der Waals surface area (Å²) in [5.74, 6) is 1.50. The van der Waals surface area contributed by atoms with Crippen LogP contribution in [0.1, 0.15) is 11.7 Å². The van der Waals surface area contributed by atoms with E-state index in [1.165, 1.54) is 0 Å². The molecule has 16 heavy (non-hydrogen) atoms. The minimum Gasteiger partial charge on any atom is -0.485 e. The van der Waals surface area contributed by atoms with Crippen LogP contribution in [0.4, 0.5) is 0 Å². The van der Waals surface area contributed by atoms with Crippen LogP contribution in [0, 0.1) is 11.3 Å². The number of nitrogens with zero attached hydrogens (tertiary/aromatic N) is 3. The van der Waals surface area contributed by atoms with E-state index in [0.717, 1.165) is 5.75 Å². The van der Waals surface area contributed by atoms with Gasteiger partial charge in [-0.15, -0.1) is 0 Å². The summed E-state index contributed by atoms with van der Waals surface area (Å²) in [6, 6.07) is 11.3. The predicted molar refractivity (Wildman–Crippen MR) is 54.4 cm³/mol. The van der Waals surface area contributed by atoms with E-state index in [1.807, 2.05) is 36.4 Å². The van der Waals surface area contributed by atoms with Crippen molar-refractivity contribution in [2.45, 2.75) is 13.0 Å². The summed E-state index contributed by atoms with van der Waals surface area (Å²) in [5.41, 5.74) is 0. The van der Waals surface area contributed by atoms with E-state index < -0.39 is 0 Å². The summed E-state index contributed by atoms with van der Waals surface area (Å²) in [6.07, 6.45) is 0.123. The van der Waals surface area contributed by atoms with Gasteiger partial charge in [0.2, 0.25) is 11.7 Å². The highest BCUT2D eigenvalue weighted by Gasteiger charge is 2.05. The Morgan fingerprint density at radius 3 is 2.88 bits per heavy atom. The SMILES string of the molecule is N#CCc1nc(COc2ccccc2)no1. The van der Waals surface area contributed by atoms with Gasteiger partial charge in [-0.1, -0.05) is 23.4 Å². The fraction of sp³-hybridized carbons (Fsp3) is 0.182. The van der Waals surface area contributed by atoms with Gasteiger partial charge in [0.1, 0.15) is 12.2 Å². The molecule has 0 aliphatic heterocycles. The van der Waals surface area contributed by atoms with Crippen molar-refractivity contribution >= 4 is 0 Å². The molecule has 2 aromatic rings. The Morgan fingerprint density at radius 1 is 1.31 bits per heavy atom. The van der Waals surface area contributed by atoms with E-state index in [-0.39, 0.29) is 13.0 Å². The molecule has 0 saturated heterocycles. The van der Waals surface area contributed by atoms with Gasteiger partial charge in [-0.05, 0) is 12.1 Å². The molecule has 0 saturated carbocycles. The Hall–Kier alpha value is -2.35. The standard InChI is InChI=1S/C11H9N3O2/c12-7-6-11-13-10(14-16-11)8-15-9-4-2-1-3-5-9/h1-5H,6,8H2. The molecule has 80 valence electrons. The first-order chi connectivity index (χ1) is 7.88. The Kier molecular flexibility index (Phi) is 3.14. The number of benzene rings is 1. The molecule has 0 atom stereocenters. The van der Waals surface area contributed by atoms with Crippen molar-refractivity contribution in [3.63, 3.8) is 0 Å². The van der Waals surface area contributed by atoms with Crippen LogP contribution >= 0.6 is 0 Å². The lowest BCUT2D eigenvalue weighted by atomic mass is 10.3. The van der Waals surface area contributed by atoms with Crippen molar-refractivity contribution in [2.75, 3.05) is 0 Å². The van der Waals surface area contributed by atoms with Gasteiger partial charge >= 0.3 is 0 Å². The molecule has 0 aliphatic carbocycles. The summed E-state index contributed by atoms with van der Waals surface area (Å²) in [4.78, 5) is 3.99. The van der Waals surface area contributed by atoms with Gasteiger partial charge < -0.3 is 9.26 Å². The number of hydrogen-bond acceptors (Lipinski definition) is 5. The number of ether oxygens (including phenoxy) is 1. The lowest BCUT2D eigenvalue weighted by Crippen LogP contribution is -1.97. The molecule has 1 aromatic carbocycles. The van der Waals surface area contributed by atoms with Crippen LogP contribution < -0.4 is 4.74 Å². The molecule has 0 bridgehead atoms. The van der Waals surface area contributed by atoms with E-state index in [9.17, 15) is 0 Å². The second-order valence-electron chi connectivity index (χ2n) is 3.04. The lowest BCUT2D eigenvalue weighted by molar-refractivity contribution is 0.285. The third-order valence-corrected chi connectivity index (χ3v) is 1.85. The van der Waals surface area contributed by atoms with Crippen LogP contribution in [-0.4, -0.2) is 10.1 Å². The van der Waals surface area contributed by atoms with Gasteiger partial charge in [-0.25, -0.2) is 0 Å². The third kappa shape index (κ3) is 2.58. The molecule has 1 heterocycles. The van der Waals surface area contributed by atoms with Crippen molar-refractivity contribution in [3.05, 3.63) is 42.0 Å². The summed E-state index contributed by atoms with van der Waals surface area (Å²) in [6.45, 7) is 0.235. The Labute approximate surface area is 92.3 Å². The van der Waals surface area contributed by atoms with Crippen molar-refractivity contribution < 1.29 is 9.26 Å². The highest BCUT2D eigenvalue weighted by molar-refractivity contribution is 5.20. The number of nitriles is 1. The zero-order chi connectivity index (χ0) is 11.2. The predicted octanol–water partition coefficient (Wildman–Crippen LogP) is 1.71. The topological polar surface area (TPSA) is 71.9 Å². The van der Waals surface area contributed by atoms with E-state index >= 15 is 0 Å². The van der Waals surface area contributed by atoms with Gasteiger partial charge in [0, 0.05) is 0 Å². The van der Waals surface area contributed by atoms with Crippen LogP contribution in [0.5, 0.6) is 5.75 Å². The van der Waals surface area contributed by atoms with Crippen molar-refractivity contribution in [1.29, 1.82) is 5.26 Å². The van der Waals surface area contributed by atoms with Crippen LogP contribution in [0.2, 0.25) is 0 Å². The monoisotopic (exact) mass is 215 g/mol. The Morgan fingerprint density at radius 2 is 2.12 bits per heavy atom. The summed E-state index contributed by atoms with van der Waals surface area (Å²) in [7, 11) is 0. The average Bonchev–Trinajstić information content (AvgIpc) is 2.76. The molecular weight excluding hydrogens is 206 g/mol. The zero-order valence-electron chi connectivity index (χ0n) is 8.46. The summed E-state index contributed by atoms with van der Waals surface area (Å²) in [5, 5.41) is 12.1. The third-order valence-electron chi connectivity index (χ3n) is 1.85. The number of para-hydroxylation sites is 1. The van der Waals surface area contributed by atoms with E-state index in [0.29, 0.717) is 11.7 Å². The largest absolute Gasteiger partial charge is 0.485 e. The quantitative estimate of drug-likeness (QED) is 0.776. The Balaban J connectivity index is 1.93. The maximum Gasteiger partial charge on any atom is 0.240 e. The first-order valence-corrected chi connectivity index (χ1v) is 4.75. The van der Waals surface area contributed by atoms with Gasteiger partial charge in [0.05, 0.1) is 6.07 Å². The number of hydrogen-bond donors (Lipinski definition) is 0. The smallest absolute Gasteiger partial charge is 0.240 e. The average molecular weight is 215 g/mol. The van der Waals surface area contributed by atoms with Crippen LogP contribution in [0.15, 0.2) is 34.9 Å². The minimum absolute atomic E-state index is 0.123. The fourth-order valence-electron chi connectivity index (χ4n) is 1.15. The molecule has 5 nitrogen and oxygen atoms in total. The van der Waals surface area contributed by atoms with Crippen molar-refractivity contribution in [1.82, 2.24) is 10.1 Å². The highest BCUT2D eigenvalue weighted by atomic mass is 16.5. The summed E-state index contributed by atoms with van der Waals surface area (Å²) < 4.78 is 10.2.